The van der Waals surface area contributed by atoms with Crippen molar-refractivity contribution in [3.8, 4) is 0 Å². The van der Waals surface area contributed by atoms with Crippen molar-refractivity contribution in [1.82, 2.24) is 24.3 Å². The van der Waals surface area contributed by atoms with Crippen LogP contribution in [0.2, 0.25) is 0 Å². The van der Waals surface area contributed by atoms with E-state index in [4.69, 9.17) is 4.74 Å². The van der Waals surface area contributed by atoms with Crippen LogP contribution < -0.4 is 0 Å². The minimum Gasteiger partial charge on any atom is -0.378 e. The van der Waals surface area contributed by atoms with E-state index in [0.717, 1.165) is 43.9 Å². The number of likely N-dealkylation sites (tertiary alicyclic amines) is 1. The summed E-state index contributed by atoms with van der Waals surface area (Å²) in [4.78, 5) is 38.3. The van der Waals surface area contributed by atoms with Crippen LogP contribution in [0.1, 0.15) is 60.5 Å². The van der Waals surface area contributed by atoms with Gasteiger partial charge in [0.2, 0.25) is 5.91 Å². The van der Waals surface area contributed by atoms with Crippen molar-refractivity contribution in [2.75, 3.05) is 39.4 Å². The van der Waals surface area contributed by atoms with Gasteiger partial charge in [-0.1, -0.05) is 6.92 Å². The summed E-state index contributed by atoms with van der Waals surface area (Å²) in [5, 5.41) is 0. The van der Waals surface area contributed by atoms with Gasteiger partial charge in [-0.05, 0) is 31.9 Å². The van der Waals surface area contributed by atoms with Gasteiger partial charge < -0.3 is 19.1 Å². The van der Waals surface area contributed by atoms with E-state index in [9.17, 15) is 9.59 Å². The largest absolute Gasteiger partial charge is 0.378 e. The molecule has 4 heterocycles. The summed E-state index contributed by atoms with van der Waals surface area (Å²) < 4.78 is 7.29. The van der Waals surface area contributed by atoms with Crippen LogP contribution in [0, 0.1) is 0 Å². The molecule has 4 rings (SSSR count). The molecule has 0 aliphatic carbocycles. The van der Waals surface area contributed by atoms with E-state index < -0.39 is 0 Å². The number of rotatable bonds is 5. The summed E-state index contributed by atoms with van der Waals surface area (Å²) in [7, 11) is 0. The Morgan fingerprint density at radius 1 is 1.10 bits per heavy atom. The first kappa shape index (κ1) is 21.5. The average Bonchev–Trinajstić information content (AvgIpc) is 3.32. The van der Waals surface area contributed by atoms with Gasteiger partial charge in [-0.15, -0.1) is 0 Å². The number of nitrogens with zero attached hydrogens (tertiary/aromatic N) is 5. The maximum Gasteiger partial charge on any atom is 0.255 e. The molecule has 2 aromatic heterocycles. The van der Waals surface area contributed by atoms with Gasteiger partial charge in [-0.2, -0.15) is 0 Å². The summed E-state index contributed by atoms with van der Waals surface area (Å²) in [5.74, 6) is 1.41. The summed E-state index contributed by atoms with van der Waals surface area (Å²) in [5.41, 5.74) is 1.63. The standard InChI is InChI=1S/C23H31N5O3/c1-3-21-24-8-11-28(21)17(2)22(29)26-9-6-18(7-10-26)20-5-4-19(16-25-20)23(30)27-12-14-31-15-13-27/h4-5,8,11,16-18H,3,6-7,9-10,12-15H2,1-2H3/t17-/m1/s1. The number of imidazole rings is 1. The Hall–Kier alpha value is -2.74. The Labute approximate surface area is 183 Å². The molecular weight excluding hydrogens is 394 g/mol. The Bertz CT molecular complexity index is 896. The predicted molar refractivity (Wildman–Crippen MR) is 116 cm³/mol. The van der Waals surface area contributed by atoms with E-state index in [-0.39, 0.29) is 17.9 Å². The summed E-state index contributed by atoms with van der Waals surface area (Å²) in [6, 6.07) is 3.61. The van der Waals surface area contributed by atoms with Crippen LogP contribution in [0.5, 0.6) is 0 Å². The van der Waals surface area contributed by atoms with Crippen LogP contribution in [-0.2, 0) is 16.0 Å². The number of pyridine rings is 1. The highest BCUT2D eigenvalue weighted by Gasteiger charge is 2.29. The second-order valence-corrected chi connectivity index (χ2v) is 8.26. The highest BCUT2D eigenvalue weighted by molar-refractivity contribution is 5.94. The number of carbonyl (C=O) groups is 2. The summed E-state index contributed by atoms with van der Waals surface area (Å²) in [6.07, 6.45) is 7.91. The number of aromatic nitrogens is 3. The topological polar surface area (TPSA) is 80.6 Å². The van der Waals surface area contributed by atoms with Crippen LogP contribution >= 0.6 is 0 Å². The maximum absolute atomic E-state index is 13.0. The zero-order chi connectivity index (χ0) is 21.8. The molecule has 2 aliphatic rings. The van der Waals surface area contributed by atoms with Crippen LogP contribution in [0.15, 0.2) is 30.7 Å². The number of hydrogen-bond donors (Lipinski definition) is 0. The number of amides is 2. The van der Waals surface area contributed by atoms with E-state index in [1.54, 1.807) is 12.4 Å². The number of aryl methyl sites for hydroxylation is 1. The second kappa shape index (κ2) is 9.60. The third-order valence-corrected chi connectivity index (χ3v) is 6.40. The van der Waals surface area contributed by atoms with Gasteiger partial charge in [0.1, 0.15) is 11.9 Å². The molecule has 2 fully saturated rings. The minimum absolute atomic E-state index is 0.0164. The molecule has 0 unspecified atom stereocenters. The lowest BCUT2D eigenvalue weighted by molar-refractivity contribution is -0.135. The number of morpholine rings is 1. The Kier molecular flexibility index (Phi) is 6.65. The molecule has 0 radical (unpaired) electrons. The fourth-order valence-corrected chi connectivity index (χ4v) is 4.47. The Morgan fingerprint density at radius 2 is 1.84 bits per heavy atom. The third-order valence-electron chi connectivity index (χ3n) is 6.40. The predicted octanol–water partition coefficient (Wildman–Crippen LogP) is 2.28. The van der Waals surface area contributed by atoms with Crippen LogP contribution in [0.3, 0.4) is 0 Å². The molecule has 8 heteroatoms. The lowest BCUT2D eigenvalue weighted by Crippen LogP contribution is -2.41. The fraction of sp³-hybridized carbons (Fsp3) is 0.565. The third kappa shape index (κ3) is 4.63. The lowest BCUT2D eigenvalue weighted by Gasteiger charge is -2.34. The smallest absolute Gasteiger partial charge is 0.255 e. The van der Waals surface area contributed by atoms with Crippen LogP contribution in [0.4, 0.5) is 0 Å². The molecule has 0 spiro atoms. The highest BCUT2D eigenvalue weighted by Crippen LogP contribution is 2.28. The van der Waals surface area contributed by atoms with Crippen molar-refractivity contribution in [1.29, 1.82) is 0 Å². The number of piperidine rings is 1. The van der Waals surface area contributed by atoms with Gasteiger partial charge in [-0.25, -0.2) is 4.98 Å². The summed E-state index contributed by atoms with van der Waals surface area (Å²) in [6.45, 7) is 7.88. The molecule has 2 amide bonds. The van der Waals surface area contributed by atoms with Gasteiger partial charge in [0, 0.05) is 62.8 Å². The molecule has 166 valence electrons. The van der Waals surface area contributed by atoms with Crippen molar-refractivity contribution in [3.63, 3.8) is 0 Å². The quantitative estimate of drug-likeness (QED) is 0.734. The molecule has 2 saturated heterocycles. The zero-order valence-corrected chi connectivity index (χ0v) is 18.4. The van der Waals surface area contributed by atoms with E-state index in [1.807, 2.05) is 46.5 Å². The molecule has 0 bridgehead atoms. The zero-order valence-electron chi connectivity index (χ0n) is 18.4. The Balaban J connectivity index is 1.33. The number of carbonyl (C=O) groups excluding carboxylic acids is 2. The van der Waals surface area contributed by atoms with Crippen molar-refractivity contribution in [2.24, 2.45) is 0 Å². The van der Waals surface area contributed by atoms with Crippen molar-refractivity contribution >= 4 is 11.8 Å². The SMILES string of the molecule is CCc1nccn1[C@H](C)C(=O)N1CCC(c2ccc(C(=O)N3CCOCC3)cn2)CC1. The molecule has 2 aliphatic heterocycles. The monoisotopic (exact) mass is 425 g/mol. The number of hydrogen-bond acceptors (Lipinski definition) is 5. The van der Waals surface area contributed by atoms with Crippen LogP contribution in [-0.4, -0.2) is 75.5 Å². The van der Waals surface area contributed by atoms with Crippen molar-refractivity contribution in [3.05, 3.63) is 47.8 Å². The molecule has 0 N–H and O–H groups in total. The first-order valence-corrected chi connectivity index (χ1v) is 11.2. The van der Waals surface area contributed by atoms with Gasteiger partial charge in [0.15, 0.2) is 0 Å². The molecule has 0 aromatic carbocycles. The van der Waals surface area contributed by atoms with Crippen molar-refractivity contribution in [2.45, 2.75) is 45.1 Å². The van der Waals surface area contributed by atoms with E-state index in [2.05, 4.69) is 9.97 Å². The first-order chi connectivity index (χ1) is 15.1. The average molecular weight is 426 g/mol. The molecular formula is C23H31N5O3. The molecule has 1 atom stereocenters. The Morgan fingerprint density at radius 3 is 2.48 bits per heavy atom. The normalized spacial score (nSPS) is 18.8. The van der Waals surface area contributed by atoms with Gasteiger partial charge in [-0.3, -0.25) is 14.6 Å². The van der Waals surface area contributed by atoms with Gasteiger partial charge in [0.05, 0.1) is 18.8 Å². The number of ether oxygens (including phenoxy) is 1. The summed E-state index contributed by atoms with van der Waals surface area (Å²) >= 11 is 0. The second-order valence-electron chi connectivity index (χ2n) is 8.26. The van der Waals surface area contributed by atoms with E-state index in [1.165, 1.54) is 0 Å². The van der Waals surface area contributed by atoms with E-state index in [0.29, 0.717) is 37.8 Å². The molecule has 8 nitrogen and oxygen atoms in total. The molecule has 31 heavy (non-hydrogen) atoms. The van der Waals surface area contributed by atoms with Gasteiger partial charge in [0.25, 0.3) is 5.91 Å². The molecule has 2 aromatic rings. The first-order valence-electron chi connectivity index (χ1n) is 11.2. The van der Waals surface area contributed by atoms with Crippen molar-refractivity contribution < 1.29 is 14.3 Å². The van der Waals surface area contributed by atoms with Crippen LogP contribution in [0.25, 0.3) is 0 Å². The van der Waals surface area contributed by atoms with E-state index >= 15 is 0 Å². The van der Waals surface area contributed by atoms with Gasteiger partial charge >= 0.3 is 0 Å². The minimum atomic E-state index is -0.238. The molecule has 0 saturated carbocycles. The lowest BCUT2D eigenvalue weighted by atomic mass is 9.92. The maximum atomic E-state index is 13.0. The fourth-order valence-electron chi connectivity index (χ4n) is 4.47. The highest BCUT2D eigenvalue weighted by atomic mass is 16.5.